The van der Waals surface area contributed by atoms with Crippen LogP contribution in [0.3, 0.4) is 0 Å². The molecule has 0 spiro atoms. The van der Waals surface area contributed by atoms with Crippen molar-refractivity contribution in [1.82, 2.24) is 5.32 Å². The van der Waals surface area contributed by atoms with E-state index in [1.165, 1.54) is 0 Å². The van der Waals surface area contributed by atoms with Gasteiger partial charge < -0.3 is 10.4 Å². The van der Waals surface area contributed by atoms with Gasteiger partial charge in [0.25, 0.3) is 0 Å². The Morgan fingerprint density at radius 1 is 1.35 bits per heavy atom. The molecule has 0 radical (unpaired) electrons. The number of hydrogen-bond acceptors (Lipinski definition) is 2. The molecule has 94 valence electrons. The van der Waals surface area contributed by atoms with Crippen LogP contribution in [0.4, 0.5) is 0 Å². The number of nitrogens with one attached hydrogen (secondary N) is 1. The largest absolute Gasteiger partial charge is 0.481 e. The van der Waals surface area contributed by atoms with Gasteiger partial charge in [-0.2, -0.15) is 0 Å². The van der Waals surface area contributed by atoms with Gasteiger partial charge >= 0.3 is 5.97 Å². The second kappa shape index (κ2) is 5.65. The Morgan fingerprint density at radius 3 is 2.29 bits per heavy atom. The first-order valence-corrected chi connectivity index (χ1v) is 6.32. The highest BCUT2D eigenvalue weighted by Gasteiger charge is 2.21. The van der Waals surface area contributed by atoms with E-state index in [-0.39, 0.29) is 5.54 Å². The van der Waals surface area contributed by atoms with Gasteiger partial charge in [-0.15, -0.1) is 0 Å². The van der Waals surface area contributed by atoms with Gasteiger partial charge in [-0.05, 0) is 38.5 Å². The number of rotatable bonds is 4. The zero-order chi connectivity index (χ0) is 13.1. The van der Waals surface area contributed by atoms with Gasteiger partial charge in [-0.1, -0.05) is 28.1 Å². The molecule has 1 atom stereocenters. The molecule has 0 heterocycles. The first-order valence-electron chi connectivity index (χ1n) is 5.53. The van der Waals surface area contributed by atoms with Crippen LogP contribution in [-0.4, -0.2) is 23.2 Å². The zero-order valence-electron chi connectivity index (χ0n) is 10.3. The van der Waals surface area contributed by atoms with Crippen LogP contribution in [0.5, 0.6) is 0 Å². The lowest BCUT2D eigenvalue weighted by molar-refractivity contribution is -0.138. The Morgan fingerprint density at radius 2 is 1.88 bits per heavy atom. The predicted octanol–water partition coefficient (Wildman–Crippen LogP) is 3.01. The number of aliphatic carboxylic acids is 1. The Balaban J connectivity index is 2.79. The maximum atomic E-state index is 11.3. The summed E-state index contributed by atoms with van der Waals surface area (Å²) in [5, 5.41) is 12.5. The van der Waals surface area contributed by atoms with E-state index in [1.807, 2.05) is 45.0 Å². The fourth-order valence-corrected chi connectivity index (χ4v) is 1.72. The molecule has 1 aromatic rings. The highest BCUT2D eigenvalue weighted by atomic mass is 79.9. The van der Waals surface area contributed by atoms with Crippen molar-refractivity contribution in [2.75, 3.05) is 6.54 Å². The molecule has 1 rings (SSSR count). The van der Waals surface area contributed by atoms with E-state index >= 15 is 0 Å². The molecule has 17 heavy (non-hydrogen) atoms. The molecule has 4 heteroatoms. The third-order valence-corrected chi connectivity index (χ3v) is 2.94. The molecule has 0 saturated heterocycles. The summed E-state index contributed by atoms with van der Waals surface area (Å²) in [7, 11) is 0. The second-order valence-corrected chi connectivity index (χ2v) is 5.99. The number of carboxylic acids is 1. The quantitative estimate of drug-likeness (QED) is 0.898. The molecular weight excluding hydrogens is 282 g/mol. The van der Waals surface area contributed by atoms with Gasteiger partial charge in [0, 0.05) is 16.6 Å². The normalized spacial score (nSPS) is 13.4. The number of halogens is 1. The molecule has 0 aliphatic rings. The molecule has 0 aliphatic heterocycles. The summed E-state index contributed by atoms with van der Waals surface area (Å²) < 4.78 is 0.953. The third kappa shape index (κ3) is 4.88. The summed E-state index contributed by atoms with van der Waals surface area (Å²) in [5.74, 6) is -1.31. The van der Waals surface area contributed by atoms with Crippen LogP contribution >= 0.6 is 15.9 Å². The molecule has 0 bridgehead atoms. The highest BCUT2D eigenvalue weighted by Crippen LogP contribution is 2.19. The van der Waals surface area contributed by atoms with Crippen molar-refractivity contribution < 1.29 is 9.90 Å². The molecular formula is C13H18BrNO2. The van der Waals surface area contributed by atoms with E-state index in [2.05, 4.69) is 21.2 Å². The van der Waals surface area contributed by atoms with Gasteiger partial charge in [0.15, 0.2) is 0 Å². The van der Waals surface area contributed by atoms with E-state index in [4.69, 9.17) is 0 Å². The Hall–Kier alpha value is -0.870. The van der Waals surface area contributed by atoms with Gasteiger partial charge in [0.2, 0.25) is 0 Å². The summed E-state index contributed by atoms with van der Waals surface area (Å²) in [6.07, 6.45) is 0. The minimum atomic E-state index is -0.802. The minimum absolute atomic E-state index is 0.0803. The summed E-state index contributed by atoms with van der Waals surface area (Å²) in [6.45, 7) is 6.49. The summed E-state index contributed by atoms with van der Waals surface area (Å²) in [6, 6.07) is 7.41. The van der Waals surface area contributed by atoms with Gasteiger partial charge in [-0.3, -0.25) is 4.79 Å². The van der Waals surface area contributed by atoms with Crippen molar-refractivity contribution in [3.8, 4) is 0 Å². The average Bonchev–Trinajstić information content (AvgIpc) is 2.18. The van der Waals surface area contributed by atoms with Crippen LogP contribution in [0.25, 0.3) is 0 Å². The van der Waals surface area contributed by atoms with Crippen molar-refractivity contribution in [1.29, 1.82) is 0 Å². The van der Waals surface area contributed by atoms with E-state index in [9.17, 15) is 9.90 Å². The van der Waals surface area contributed by atoms with Crippen molar-refractivity contribution in [3.05, 3.63) is 34.3 Å². The fraction of sp³-hybridized carbons (Fsp3) is 0.462. The molecule has 1 unspecified atom stereocenters. The van der Waals surface area contributed by atoms with Crippen LogP contribution < -0.4 is 5.32 Å². The second-order valence-electron chi connectivity index (χ2n) is 5.07. The van der Waals surface area contributed by atoms with Gasteiger partial charge in [0.1, 0.15) is 0 Å². The lowest BCUT2D eigenvalue weighted by Crippen LogP contribution is -2.40. The number of carbonyl (C=O) groups is 1. The van der Waals surface area contributed by atoms with Crippen LogP contribution in [0.1, 0.15) is 32.3 Å². The molecule has 3 nitrogen and oxygen atoms in total. The lowest BCUT2D eigenvalue weighted by Gasteiger charge is -2.23. The Labute approximate surface area is 110 Å². The monoisotopic (exact) mass is 299 g/mol. The standard InChI is InChI=1S/C13H18BrNO2/c1-13(2,3)15-8-11(12(16)17)9-4-6-10(14)7-5-9/h4-7,11,15H,8H2,1-3H3,(H,16,17). The molecule has 0 aliphatic carbocycles. The smallest absolute Gasteiger partial charge is 0.312 e. The maximum absolute atomic E-state index is 11.3. The van der Waals surface area contributed by atoms with Gasteiger partial charge in [-0.25, -0.2) is 0 Å². The predicted molar refractivity (Wildman–Crippen MR) is 72.3 cm³/mol. The number of carboxylic acid groups (broad SMARTS) is 1. The molecule has 0 amide bonds. The van der Waals surface area contributed by atoms with Gasteiger partial charge in [0.05, 0.1) is 5.92 Å². The van der Waals surface area contributed by atoms with E-state index in [1.54, 1.807) is 0 Å². The average molecular weight is 300 g/mol. The molecule has 0 saturated carbocycles. The molecule has 0 fully saturated rings. The SMILES string of the molecule is CC(C)(C)NCC(C(=O)O)c1ccc(Br)cc1. The molecule has 0 aromatic heterocycles. The highest BCUT2D eigenvalue weighted by molar-refractivity contribution is 9.10. The van der Waals surface area contributed by atoms with Crippen molar-refractivity contribution in [2.24, 2.45) is 0 Å². The first kappa shape index (κ1) is 14.2. The van der Waals surface area contributed by atoms with Crippen LogP contribution in [0.2, 0.25) is 0 Å². The summed E-state index contributed by atoms with van der Waals surface area (Å²) in [4.78, 5) is 11.3. The van der Waals surface area contributed by atoms with Crippen molar-refractivity contribution in [3.63, 3.8) is 0 Å². The number of benzene rings is 1. The van der Waals surface area contributed by atoms with E-state index < -0.39 is 11.9 Å². The topological polar surface area (TPSA) is 49.3 Å². The van der Waals surface area contributed by atoms with Crippen molar-refractivity contribution in [2.45, 2.75) is 32.2 Å². The van der Waals surface area contributed by atoms with Crippen LogP contribution in [0.15, 0.2) is 28.7 Å². The zero-order valence-corrected chi connectivity index (χ0v) is 11.9. The Kier molecular flexibility index (Phi) is 4.71. The third-order valence-electron chi connectivity index (χ3n) is 2.41. The van der Waals surface area contributed by atoms with E-state index in [0.29, 0.717) is 6.54 Å². The summed E-state index contributed by atoms with van der Waals surface area (Å²) in [5.41, 5.74) is 0.737. The van der Waals surface area contributed by atoms with Crippen LogP contribution in [0, 0.1) is 0 Å². The van der Waals surface area contributed by atoms with Crippen molar-refractivity contribution >= 4 is 21.9 Å². The first-order chi connectivity index (χ1) is 7.79. The fourth-order valence-electron chi connectivity index (χ4n) is 1.45. The van der Waals surface area contributed by atoms with E-state index in [0.717, 1.165) is 10.0 Å². The maximum Gasteiger partial charge on any atom is 0.312 e. The number of hydrogen-bond donors (Lipinski definition) is 2. The van der Waals surface area contributed by atoms with Crippen LogP contribution in [-0.2, 0) is 4.79 Å². The lowest BCUT2D eigenvalue weighted by atomic mass is 9.98. The summed E-state index contributed by atoms with van der Waals surface area (Å²) >= 11 is 3.34. The molecule has 1 aromatic carbocycles. The Bertz CT molecular complexity index is 381. The minimum Gasteiger partial charge on any atom is -0.481 e. The molecule has 2 N–H and O–H groups in total.